The maximum atomic E-state index is 3.52. The molecular formula is C7H16Cl2N2. The summed E-state index contributed by atoms with van der Waals surface area (Å²) in [5, 5.41) is 6.76. The van der Waals surface area contributed by atoms with Gasteiger partial charge in [0, 0.05) is 19.1 Å². The Morgan fingerprint density at radius 3 is 2.18 bits per heavy atom. The van der Waals surface area contributed by atoms with Crippen LogP contribution in [0.15, 0.2) is 0 Å². The summed E-state index contributed by atoms with van der Waals surface area (Å²) in [5.41, 5.74) is 0. The van der Waals surface area contributed by atoms with Crippen molar-refractivity contribution in [1.82, 2.24) is 10.6 Å². The van der Waals surface area contributed by atoms with Gasteiger partial charge in [0.25, 0.3) is 0 Å². The van der Waals surface area contributed by atoms with E-state index < -0.39 is 0 Å². The zero-order chi connectivity index (χ0) is 6.10. The number of hydrogen-bond acceptors (Lipinski definition) is 2. The molecule has 68 valence electrons. The maximum Gasteiger partial charge on any atom is 0.0317 e. The van der Waals surface area contributed by atoms with Crippen LogP contribution in [0.2, 0.25) is 0 Å². The number of rotatable bonds is 3. The largest absolute Gasteiger partial charge is 0.314 e. The van der Waals surface area contributed by atoms with Crippen LogP contribution < -0.4 is 10.6 Å². The van der Waals surface area contributed by atoms with Gasteiger partial charge in [0.2, 0.25) is 0 Å². The molecule has 4 heteroatoms. The lowest BCUT2D eigenvalue weighted by Gasteiger charge is -2.28. The minimum absolute atomic E-state index is 0. The van der Waals surface area contributed by atoms with Gasteiger partial charge in [0.15, 0.2) is 0 Å². The van der Waals surface area contributed by atoms with Crippen LogP contribution in [0.25, 0.3) is 0 Å². The Morgan fingerprint density at radius 1 is 1.18 bits per heavy atom. The summed E-state index contributed by atoms with van der Waals surface area (Å²) >= 11 is 0. The van der Waals surface area contributed by atoms with E-state index in [9.17, 15) is 0 Å². The molecule has 0 radical (unpaired) electrons. The summed E-state index contributed by atoms with van der Waals surface area (Å²) in [6, 6.07) is 0.797. The maximum absolute atomic E-state index is 3.52. The lowest BCUT2D eigenvalue weighted by Crippen LogP contribution is -2.55. The second-order valence-corrected chi connectivity index (χ2v) is 3.21. The zero-order valence-electron chi connectivity index (χ0n) is 6.51. The van der Waals surface area contributed by atoms with Crippen LogP contribution in [-0.4, -0.2) is 25.7 Å². The molecule has 1 aliphatic heterocycles. The average molecular weight is 199 g/mol. The van der Waals surface area contributed by atoms with Crippen LogP contribution in [0.3, 0.4) is 0 Å². The first-order valence-electron chi connectivity index (χ1n) is 3.89. The molecule has 0 atom stereocenters. The molecule has 0 unspecified atom stereocenters. The second kappa shape index (κ2) is 5.20. The highest BCUT2D eigenvalue weighted by Gasteiger charge is 2.23. The van der Waals surface area contributed by atoms with Crippen LogP contribution in [0.1, 0.15) is 12.8 Å². The van der Waals surface area contributed by atoms with Crippen LogP contribution in [0.4, 0.5) is 0 Å². The van der Waals surface area contributed by atoms with E-state index >= 15 is 0 Å². The fourth-order valence-corrected chi connectivity index (χ4v) is 1.09. The van der Waals surface area contributed by atoms with Crippen LogP contribution in [0.5, 0.6) is 0 Å². The number of halogens is 2. The standard InChI is InChI=1S/C7H14N2.2ClH/c1-2-6(1)3-9-7-4-8-5-7;;/h6-9H,1-5H2;2*1H. The zero-order valence-corrected chi connectivity index (χ0v) is 8.14. The Kier molecular flexibility index (Phi) is 5.44. The van der Waals surface area contributed by atoms with Gasteiger partial charge < -0.3 is 10.6 Å². The molecule has 0 bridgehead atoms. The van der Waals surface area contributed by atoms with Crippen LogP contribution >= 0.6 is 24.8 Å². The normalized spacial score (nSPS) is 22.9. The lowest BCUT2D eigenvalue weighted by molar-refractivity contribution is 0.362. The van der Waals surface area contributed by atoms with Crippen molar-refractivity contribution in [3.63, 3.8) is 0 Å². The molecule has 2 aliphatic rings. The van der Waals surface area contributed by atoms with Gasteiger partial charge >= 0.3 is 0 Å². The molecule has 0 spiro atoms. The van der Waals surface area contributed by atoms with Crippen molar-refractivity contribution in [2.45, 2.75) is 18.9 Å². The smallest absolute Gasteiger partial charge is 0.0317 e. The van der Waals surface area contributed by atoms with Crippen molar-refractivity contribution in [2.75, 3.05) is 19.6 Å². The first-order chi connectivity index (χ1) is 4.45. The molecule has 1 heterocycles. The molecule has 2 nitrogen and oxygen atoms in total. The first-order valence-corrected chi connectivity index (χ1v) is 3.89. The van der Waals surface area contributed by atoms with E-state index in [1.54, 1.807) is 0 Å². The minimum Gasteiger partial charge on any atom is -0.314 e. The van der Waals surface area contributed by atoms with Crippen LogP contribution in [-0.2, 0) is 0 Å². The summed E-state index contributed by atoms with van der Waals surface area (Å²) in [6.07, 6.45) is 2.93. The van der Waals surface area contributed by atoms with Crippen molar-refractivity contribution >= 4 is 24.8 Å². The molecule has 1 saturated heterocycles. The lowest BCUT2D eigenvalue weighted by atomic mass is 10.2. The Morgan fingerprint density at radius 2 is 1.82 bits per heavy atom. The van der Waals surface area contributed by atoms with E-state index in [4.69, 9.17) is 0 Å². The third kappa shape index (κ3) is 3.61. The number of nitrogens with one attached hydrogen (secondary N) is 2. The summed E-state index contributed by atoms with van der Waals surface area (Å²) in [4.78, 5) is 0. The first kappa shape index (κ1) is 11.5. The van der Waals surface area contributed by atoms with Crippen molar-refractivity contribution in [2.24, 2.45) is 5.92 Å². The topological polar surface area (TPSA) is 24.1 Å². The van der Waals surface area contributed by atoms with E-state index in [2.05, 4.69) is 10.6 Å². The Labute approximate surface area is 80.3 Å². The van der Waals surface area contributed by atoms with E-state index in [0.717, 1.165) is 12.0 Å². The van der Waals surface area contributed by atoms with Crippen molar-refractivity contribution in [3.05, 3.63) is 0 Å². The molecule has 1 saturated carbocycles. The highest BCUT2D eigenvalue weighted by Crippen LogP contribution is 2.27. The van der Waals surface area contributed by atoms with Gasteiger partial charge in [0.1, 0.15) is 0 Å². The van der Waals surface area contributed by atoms with E-state index in [1.165, 1.54) is 32.5 Å². The van der Waals surface area contributed by atoms with Crippen molar-refractivity contribution in [3.8, 4) is 0 Å². The van der Waals surface area contributed by atoms with Gasteiger partial charge in [-0.1, -0.05) is 0 Å². The molecule has 2 rings (SSSR count). The van der Waals surface area contributed by atoms with Crippen LogP contribution in [0, 0.1) is 5.92 Å². The summed E-state index contributed by atoms with van der Waals surface area (Å²) < 4.78 is 0. The predicted molar refractivity (Wildman–Crippen MR) is 51.9 cm³/mol. The molecular weight excluding hydrogens is 183 g/mol. The monoisotopic (exact) mass is 198 g/mol. The average Bonchev–Trinajstić information content (AvgIpc) is 2.44. The molecule has 0 amide bonds. The van der Waals surface area contributed by atoms with Crippen molar-refractivity contribution in [1.29, 1.82) is 0 Å². The van der Waals surface area contributed by atoms with E-state index in [-0.39, 0.29) is 24.8 Å². The summed E-state index contributed by atoms with van der Waals surface area (Å²) in [5.74, 6) is 1.03. The third-order valence-electron chi connectivity index (χ3n) is 2.17. The Hall–Kier alpha value is 0.500. The fraction of sp³-hybridized carbons (Fsp3) is 1.00. The van der Waals surface area contributed by atoms with Gasteiger partial charge in [-0.25, -0.2) is 0 Å². The van der Waals surface area contributed by atoms with Crippen molar-refractivity contribution < 1.29 is 0 Å². The quantitative estimate of drug-likeness (QED) is 0.702. The minimum atomic E-state index is 0. The summed E-state index contributed by atoms with van der Waals surface area (Å²) in [6.45, 7) is 3.64. The van der Waals surface area contributed by atoms with Gasteiger partial charge in [-0.05, 0) is 25.3 Å². The van der Waals surface area contributed by atoms with E-state index in [1.807, 2.05) is 0 Å². The fourth-order valence-electron chi connectivity index (χ4n) is 1.09. The second-order valence-electron chi connectivity index (χ2n) is 3.21. The molecule has 0 aromatic carbocycles. The van der Waals surface area contributed by atoms with Gasteiger partial charge in [0.05, 0.1) is 0 Å². The van der Waals surface area contributed by atoms with Gasteiger partial charge in [-0.3, -0.25) is 0 Å². The summed E-state index contributed by atoms with van der Waals surface area (Å²) in [7, 11) is 0. The molecule has 2 fully saturated rings. The molecule has 11 heavy (non-hydrogen) atoms. The molecule has 1 aliphatic carbocycles. The third-order valence-corrected chi connectivity index (χ3v) is 2.17. The van der Waals surface area contributed by atoms with Gasteiger partial charge in [-0.2, -0.15) is 0 Å². The van der Waals surface area contributed by atoms with E-state index in [0.29, 0.717) is 0 Å². The SMILES string of the molecule is C1CC1CNC1CNC1.Cl.Cl. The van der Waals surface area contributed by atoms with Gasteiger partial charge in [-0.15, -0.1) is 24.8 Å². The predicted octanol–water partition coefficient (Wildman–Crippen LogP) is 0.801. The molecule has 0 aromatic heterocycles. The highest BCUT2D eigenvalue weighted by atomic mass is 35.5. The molecule has 2 N–H and O–H groups in total. The highest BCUT2D eigenvalue weighted by molar-refractivity contribution is 5.85. The molecule has 0 aromatic rings. The number of hydrogen-bond donors (Lipinski definition) is 2. The Bertz CT molecular complexity index is 103. The Balaban J connectivity index is 0.000000500.